The number of unbranched alkanes of at least 4 members (excludes halogenated alkanes) is 24. The summed E-state index contributed by atoms with van der Waals surface area (Å²) >= 11 is 0. The molecule has 2 unspecified atom stereocenters. The van der Waals surface area contributed by atoms with Crippen molar-refractivity contribution in [2.75, 3.05) is 5.75 Å². The zero-order valence-electron chi connectivity index (χ0n) is 27.6. The normalized spacial score (nSPS) is 13.5. The van der Waals surface area contributed by atoms with Gasteiger partial charge >= 0.3 is 0 Å². The number of amides is 1. The van der Waals surface area contributed by atoms with Crippen molar-refractivity contribution in [2.24, 2.45) is 0 Å². The molecule has 0 heterocycles. The molecule has 0 saturated heterocycles. The van der Waals surface area contributed by atoms with E-state index >= 15 is 0 Å². The summed E-state index contributed by atoms with van der Waals surface area (Å²) < 4.78 is 32.2. The van der Waals surface area contributed by atoms with Gasteiger partial charge in [-0.3, -0.25) is 9.35 Å². The minimum absolute atomic E-state index is 0.281. The second-order valence-electron chi connectivity index (χ2n) is 12.5. The summed E-state index contributed by atoms with van der Waals surface area (Å²) in [6.07, 6.45) is 34.9. The molecule has 0 saturated carbocycles. The summed E-state index contributed by atoms with van der Waals surface area (Å²) in [7, 11) is -4.33. The van der Waals surface area contributed by atoms with Crippen LogP contribution in [0.25, 0.3) is 0 Å². The lowest BCUT2D eigenvalue weighted by Crippen LogP contribution is -2.46. The number of hydrogen-bond donors (Lipinski definition) is 3. The SMILES string of the molecule is CCCCCCCCCCCCCCCCCC/C=C/C(O)C(CS(=O)(=O)O)NC(=O)CCCCCCCCCCC. The molecule has 3 N–H and O–H groups in total. The number of hydrogen-bond acceptors (Lipinski definition) is 4. The van der Waals surface area contributed by atoms with Gasteiger partial charge in [-0.05, 0) is 19.3 Å². The van der Waals surface area contributed by atoms with Crippen molar-refractivity contribution in [2.45, 2.75) is 199 Å². The zero-order valence-corrected chi connectivity index (χ0v) is 28.5. The maximum atomic E-state index is 12.4. The number of aliphatic hydroxyl groups is 1. The van der Waals surface area contributed by atoms with E-state index in [1.165, 1.54) is 128 Å². The number of nitrogens with one attached hydrogen (secondary N) is 1. The Bertz CT molecular complexity index is 725. The van der Waals surface area contributed by atoms with Gasteiger partial charge in [-0.1, -0.05) is 174 Å². The van der Waals surface area contributed by atoms with Gasteiger partial charge in [0.15, 0.2) is 0 Å². The van der Waals surface area contributed by atoms with Crippen LogP contribution >= 0.6 is 0 Å². The lowest BCUT2D eigenvalue weighted by molar-refractivity contribution is -0.122. The monoisotopic (exact) mass is 615 g/mol. The van der Waals surface area contributed by atoms with Crippen molar-refractivity contribution in [3.63, 3.8) is 0 Å². The predicted octanol–water partition coefficient (Wildman–Crippen LogP) is 9.85. The number of carbonyl (C=O) groups is 1. The minimum Gasteiger partial charge on any atom is -0.387 e. The second kappa shape index (κ2) is 30.1. The van der Waals surface area contributed by atoms with E-state index < -0.39 is 28.0 Å². The average molecular weight is 616 g/mol. The number of carbonyl (C=O) groups excluding carboxylic acids is 1. The first-order valence-electron chi connectivity index (χ1n) is 17.9. The topological polar surface area (TPSA) is 104 Å². The van der Waals surface area contributed by atoms with Gasteiger partial charge < -0.3 is 10.4 Å². The maximum Gasteiger partial charge on any atom is 0.267 e. The molecule has 0 aliphatic heterocycles. The van der Waals surface area contributed by atoms with Crippen LogP contribution < -0.4 is 5.32 Å². The molecule has 2 atom stereocenters. The highest BCUT2D eigenvalue weighted by atomic mass is 32.2. The highest BCUT2D eigenvalue weighted by molar-refractivity contribution is 7.85. The van der Waals surface area contributed by atoms with Gasteiger partial charge in [0.25, 0.3) is 10.1 Å². The fourth-order valence-electron chi connectivity index (χ4n) is 5.51. The van der Waals surface area contributed by atoms with Gasteiger partial charge in [0.1, 0.15) is 0 Å². The quantitative estimate of drug-likeness (QED) is 0.0397. The molecule has 0 radical (unpaired) electrons. The van der Waals surface area contributed by atoms with Crippen molar-refractivity contribution < 1.29 is 22.9 Å². The van der Waals surface area contributed by atoms with Crippen molar-refractivity contribution in [1.82, 2.24) is 5.32 Å². The van der Waals surface area contributed by atoms with Gasteiger partial charge in [-0.25, -0.2) is 0 Å². The summed E-state index contributed by atoms with van der Waals surface area (Å²) in [6.45, 7) is 4.48. The molecule has 0 bridgehead atoms. The van der Waals surface area contributed by atoms with Gasteiger partial charge in [0.2, 0.25) is 5.91 Å². The third kappa shape index (κ3) is 30.5. The smallest absolute Gasteiger partial charge is 0.267 e. The lowest BCUT2D eigenvalue weighted by atomic mass is 10.0. The molecule has 0 rings (SSSR count). The van der Waals surface area contributed by atoms with Crippen LogP contribution in [0.5, 0.6) is 0 Å². The van der Waals surface area contributed by atoms with E-state index in [2.05, 4.69) is 19.2 Å². The number of rotatable bonds is 32. The van der Waals surface area contributed by atoms with Crippen molar-refractivity contribution >= 4 is 16.0 Å². The Morgan fingerprint density at radius 2 is 0.976 bits per heavy atom. The summed E-state index contributed by atoms with van der Waals surface area (Å²) in [6, 6.07) is -1.05. The minimum atomic E-state index is -4.33. The predicted molar refractivity (Wildman–Crippen MR) is 180 cm³/mol. The average Bonchev–Trinajstić information content (AvgIpc) is 2.94. The third-order valence-electron chi connectivity index (χ3n) is 8.21. The van der Waals surface area contributed by atoms with Gasteiger partial charge in [-0.15, -0.1) is 0 Å². The molecule has 42 heavy (non-hydrogen) atoms. The number of allylic oxidation sites excluding steroid dienone is 1. The van der Waals surface area contributed by atoms with Crippen LogP contribution in [0, 0.1) is 0 Å². The van der Waals surface area contributed by atoms with Crippen LogP contribution in [-0.2, 0) is 14.9 Å². The zero-order chi connectivity index (χ0) is 31.2. The van der Waals surface area contributed by atoms with Crippen LogP contribution in [0.15, 0.2) is 12.2 Å². The molecule has 1 amide bonds. The molecule has 0 fully saturated rings. The molecule has 250 valence electrons. The first-order valence-corrected chi connectivity index (χ1v) is 19.5. The molecule has 0 aliphatic carbocycles. The highest BCUT2D eigenvalue weighted by Crippen LogP contribution is 2.15. The van der Waals surface area contributed by atoms with Crippen LogP contribution in [0.2, 0.25) is 0 Å². The Morgan fingerprint density at radius 1 is 0.619 bits per heavy atom. The Balaban J connectivity index is 3.93. The largest absolute Gasteiger partial charge is 0.387 e. The molecular formula is C35H69NO5S. The molecule has 7 heteroatoms. The van der Waals surface area contributed by atoms with Crippen molar-refractivity contribution in [3.8, 4) is 0 Å². The lowest BCUT2D eigenvalue weighted by Gasteiger charge is -2.21. The van der Waals surface area contributed by atoms with Gasteiger partial charge in [-0.2, -0.15) is 8.42 Å². The van der Waals surface area contributed by atoms with Crippen LogP contribution in [-0.4, -0.2) is 41.9 Å². The molecule has 0 aliphatic rings. The Labute approximate surface area is 261 Å². The van der Waals surface area contributed by atoms with E-state index in [1.54, 1.807) is 6.08 Å². The van der Waals surface area contributed by atoms with E-state index in [0.29, 0.717) is 6.42 Å². The third-order valence-corrected chi connectivity index (χ3v) is 8.99. The summed E-state index contributed by atoms with van der Waals surface area (Å²) in [5, 5.41) is 13.1. The van der Waals surface area contributed by atoms with Crippen molar-refractivity contribution in [3.05, 3.63) is 12.2 Å². The van der Waals surface area contributed by atoms with Crippen LogP contribution in [0.4, 0.5) is 0 Å². The molecule has 6 nitrogen and oxygen atoms in total. The number of aliphatic hydroxyl groups excluding tert-OH is 1. The second-order valence-corrected chi connectivity index (χ2v) is 14.0. The van der Waals surface area contributed by atoms with E-state index in [0.717, 1.165) is 38.5 Å². The molecular weight excluding hydrogens is 546 g/mol. The molecule has 0 aromatic carbocycles. The van der Waals surface area contributed by atoms with Gasteiger partial charge in [0.05, 0.1) is 17.9 Å². The Kier molecular flexibility index (Phi) is 29.5. The summed E-state index contributed by atoms with van der Waals surface area (Å²) in [5.74, 6) is -0.974. The Hall–Kier alpha value is -0.920. The standard InChI is InChI=1S/C35H69NO5S/c1-3-5-7-9-11-13-14-15-16-17-18-19-20-21-23-24-26-28-30-34(37)33(32-42(39,40)41)36-35(38)31-29-27-25-22-12-10-8-6-4-2/h28,30,33-34,37H,3-27,29,31-32H2,1-2H3,(H,36,38)(H,39,40,41)/b30-28+. The van der Waals surface area contributed by atoms with E-state index in [1.807, 2.05) is 6.08 Å². The van der Waals surface area contributed by atoms with E-state index in [9.17, 15) is 22.9 Å². The fourth-order valence-corrected chi connectivity index (χ4v) is 6.24. The van der Waals surface area contributed by atoms with Crippen molar-refractivity contribution in [1.29, 1.82) is 0 Å². The molecule has 0 aromatic rings. The van der Waals surface area contributed by atoms with Crippen LogP contribution in [0.3, 0.4) is 0 Å². The molecule has 0 spiro atoms. The fraction of sp³-hybridized carbons (Fsp3) is 0.914. The van der Waals surface area contributed by atoms with E-state index in [4.69, 9.17) is 0 Å². The molecule has 0 aromatic heterocycles. The summed E-state index contributed by atoms with van der Waals surface area (Å²) in [5.41, 5.74) is 0. The van der Waals surface area contributed by atoms with Crippen LogP contribution in [0.1, 0.15) is 187 Å². The summed E-state index contributed by atoms with van der Waals surface area (Å²) in [4.78, 5) is 12.4. The van der Waals surface area contributed by atoms with E-state index in [-0.39, 0.29) is 5.91 Å². The van der Waals surface area contributed by atoms with Gasteiger partial charge in [0, 0.05) is 6.42 Å². The first kappa shape index (κ1) is 41.1. The first-order chi connectivity index (χ1) is 20.3. The maximum absolute atomic E-state index is 12.4. The Morgan fingerprint density at radius 3 is 1.36 bits per heavy atom. The highest BCUT2D eigenvalue weighted by Gasteiger charge is 2.24.